The van der Waals surface area contributed by atoms with E-state index in [1.807, 2.05) is 0 Å². The first kappa shape index (κ1) is 11.9. The van der Waals surface area contributed by atoms with Gasteiger partial charge in [0.25, 0.3) is 0 Å². The van der Waals surface area contributed by atoms with Crippen molar-refractivity contribution < 1.29 is 9.18 Å². The highest BCUT2D eigenvalue weighted by Gasteiger charge is 2.25. The minimum absolute atomic E-state index is 0.0165. The van der Waals surface area contributed by atoms with E-state index in [-0.39, 0.29) is 11.8 Å². The molecule has 4 nitrogen and oxygen atoms in total. The molecule has 1 aliphatic rings. The van der Waals surface area contributed by atoms with Gasteiger partial charge < -0.3 is 15.5 Å². The van der Waals surface area contributed by atoms with Crippen molar-refractivity contribution in [2.24, 2.45) is 5.73 Å². The lowest BCUT2D eigenvalue weighted by Gasteiger charge is -2.18. The topological polar surface area (TPSA) is 49.6 Å². The third-order valence-electron chi connectivity index (χ3n) is 3.05. The summed E-state index contributed by atoms with van der Waals surface area (Å²) in [7, 11) is 1.76. The fraction of sp³-hybridized carbons (Fsp3) is 0.417. The van der Waals surface area contributed by atoms with Gasteiger partial charge in [-0.3, -0.25) is 0 Å². The van der Waals surface area contributed by atoms with E-state index in [9.17, 15) is 9.18 Å². The van der Waals surface area contributed by atoms with Gasteiger partial charge in [-0.1, -0.05) is 6.07 Å². The number of urea groups is 1. The van der Waals surface area contributed by atoms with Gasteiger partial charge in [-0.15, -0.1) is 0 Å². The minimum Gasteiger partial charge on any atom is -0.326 e. The van der Waals surface area contributed by atoms with Gasteiger partial charge in [-0.2, -0.15) is 0 Å². The largest absolute Gasteiger partial charge is 0.326 e. The number of nitrogens with two attached hydrogens (primary N) is 1. The van der Waals surface area contributed by atoms with Crippen LogP contribution in [0.5, 0.6) is 0 Å². The molecule has 2 rings (SSSR count). The molecule has 0 unspecified atom stereocenters. The fourth-order valence-corrected chi connectivity index (χ4v) is 2.00. The minimum atomic E-state index is -0.294. The third-order valence-corrected chi connectivity index (χ3v) is 3.05. The number of rotatable bonds is 3. The summed E-state index contributed by atoms with van der Waals surface area (Å²) in [4.78, 5) is 15.1. The molecule has 1 aromatic rings. The van der Waals surface area contributed by atoms with Crippen molar-refractivity contribution in [1.82, 2.24) is 9.80 Å². The smallest absolute Gasteiger partial charge is 0.320 e. The van der Waals surface area contributed by atoms with Crippen molar-refractivity contribution in [1.29, 1.82) is 0 Å². The zero-order chi connectivity index (χ0) is 12.4. The predicted octanol–water partition coefficient (Wildman–Crippen LogP) is 1.15. The second-order valence-electron chi connectivity index (χ2n) is 4.24. The van der Waals surface area contributed by atoms with Crippen LogP contribution in [0.15, 0.2) is 18.2 Å². The van der Waals surface area contributed by atoms with Crippen molar-refractivity contribution in [2.45, 2.75) is 13.1 Å². The normalized spacial score (nSPS) is 15.8. The van der Waals surface area contributed by atoms with E-state index < -0.39 is 0 Å². The Kier molecular flexibility index (Phi) is 3.28. The van der Waals surface area contributed by atoms with E-state index >= 15 is 0 Å². The van der Waals surface area contributed by atoms with Crippen molar-refractivity contribution >= 4 is 6.03 Å². The van der Waals surface area contributed by atoms with Crippen molar-refractivity contribution in [2.75, 3.05) is 20.1 Å². The molecule has 1 saturated heterocycles. The average Bonchev–Trinajstić information content (AvgIpc) is 2.61. The van der Waals surface area contributed by atoms with E-state index in [2.05, 4.69) is 0 Å². The summed E-state index contributed by atoms with van der Waals surface area (Å²) < 4.78 is 13.2. The van der Waals surface area contributed by atoms with Crippen LogP contribution in [-0.4, -0.2) is 36.0 Å². The molecule has 0 radical (unpaired) electrons. The maximum Gasteiger partial charge on any atom is 0.320 e. The van der Waals surface area contributed by atoms with E-state index in [1.165, 1.54) is 12.1 Å². The molecule has 0 bridgehead atoms. The molecule has 1 aromatic carbocycles. The highest BCUT2D eigenvalue weighted by molar-refractivity contribution is 5.76. The third kappa shape index (κ3) is 2.39. The molecule has 2 N–H and O–H groups in total. The summed E-state index contributed by atoms with van der Waals surface area (Å²) in [6.45, 7) is 2.17. The number of benzene rings is 1. The number of hydrogen-bond acceptors (Lipinski definition) is 2. The Labute approximate surface area is 99.8 Å². The molecule has 0 saturated carbocycles. The lowest BCUT2D eigenvalue weighted by atomic mass is 10.1. The van der Waals surface area contributed by atoms with Gasteiger partial charge in [0.15, 0.2) is 0 Å². The van der Waals surface area contributed by atoms with Crippen LogP contribution in [0.2, 0.25) is 0 Å². The maximum absolute atomic E-state index is 13.2. The van der Waals surface area contributed by atoms with Crippen LogP contribution in [0.25, 0.3) is 0 Å². The summed E-state index contributed by atoms with van der Waals surface area (Å²) in [5, 5.41) is 0. The van der Waals surface area contributed by atoms with Crippen molar-refractivity contribution in [3.63, 3.8) is 0 Å². The Morgan fingerprint density at radius 2 is 2.12 bits per heavy atom. The lowest BCUT2D eigenvalue weighted by Crippen LogP contribution is -2.29. The molecular weight excluding hydrogens is 221 g/mol. The molecule has 1 aliphatic heterocycles. The van der Waals surface area contributed by atoms with E-state index in [0.717, 1.165) is 11.1 Å². The molecule has 1 fully saturated rings. The van der Waals surface area contributed by atoms with E-state index in [0.29, 0.717) is 26.2 Å². The van der Waals surface area contributed by atoms with Crippen molar-refractivity contribution in [3.05, 3.63) is 35.1 Å². The highest BCUT2D eigenvalue weighted by atomic mass is 19.1. The highest BCUT2D eigenvalue weighted by Crippen LogP contribution is 2.16. The second kappa shape index (κ2) is 4.71. The Morgan fingerprint density at radius 3 is 2.71 bits per heavy atom. The zero-order valence-corrected chi connectivity index (χ0v) is 9.82. The predicted molar refractivity (Wildman–Crippen MR) is 62.7 cm³/mol. The van der Waals surface area contributed by atoms with Crippen LogP contribution >= 0.6 is 0 Å². The Bertz CT molecular complexity index is 436. The molecule has 0 spiro atoms. The van der Waals surface area contributed by atoms with Gasteiger partial charge >= 0.3 is 6.03 Å². The Morgan fingerprint density at radius 1 is 1.35 bits per heavy atom. The number of carbonyl (C=O) groups is 1. The number of carbonyl (C=O) groups excluding carboxylic acids is 1. The zero-order valence-electron chi connectivity index (χ0n) is 9.82. The lowest BCUT2D eigenvalue weighted by molar-refractivity contribution is 0.197. The summed E-state index contributed by atoms with van der Waals surface area (Å²) in [5.41, 5.74) is 7.27. The van der Waals surface area contributed by atoms with Crippen LogP contribution in [0.3, 0.4) is 0 Å². The maximum atomic E-state index is 13.2. The summed E-state index contributed by atoms with van der Waals surface area (Å²) >= 11 is 0. The average molecular weight is 237 g/mol. The molecule has 1 heterocycles. The van der Waals surface area contributed by atoms with Gasteiger partial charge in [0.1, 0.15) is 5.82 Å². The monoisotopic (exact) mass is 237 g/mol. The van der Waals surface area contributed by atoms with Crippen LogP contribution < -0.4 is 5.73 Å². The van der Waals surface area contributed by atoms with Crippen LogP contribution in [0, 0.1) is 5.82 Å². The Balaban J connectivity index is 2.18. The molecule has 92 valence electrons. The molecule has 2 amide bonds. The van der Waals surface area contributed by atoms with Crippen LogP contribution in [0.1, 0.15) is 11.1 Å². The standard InChI is InChI=1S/C12H16FN3O/c1-15-4-5-16(12(15)17)8-10-6-11(13)3-2-9(10)7-14/h2-3,6H,4-5,7-8,14H2,1H3. The Hall–Kier alpha value is -1.62. The molecule has 0 aromatic heterocycles. The first-order valence-electron chi connectivity index (χ1n) is 5.59. The van der Waals surface area contributed by atoms with Gasteiger partial charge in [0.05, 0.1) is 0 Å². The van der Waals surface area contributed by atoms with Gasteiger partial charge in [0, 0.05) is 33.2 Å². The van der Waals surface area contributed by atoms with E-state index in [4.69, 9.17) is 5.73 Å². The number of amides is 2. The first-order valence-corrected chi connectivity index (χ1v) is 5.59. The molecule has 17 heavy (non-hydrogen) atoms. The van der Waals surface area contributed by atoms with Crippen LogP contribution in [0.4, 0.5) is 9.18 Å². The van der Waals surface area contributed by atoms with E-state index in [1.54, 1.807) is 22.9 Å². The summed E-state index contributed by atoms with van der Waals surface area (Å²) in [6.07, 6.45) is 0. The quantitative estimate of drug-likeness (QED) is 0.857. The fourth-order valence-electron chi connectivity index (χ4n) is 2.00. The SMILES string of the molecule is CN1CCN(Cc2cc(F)ccc2CN)C1=O. The molecule has 0 aliphatic carbocycles. The number of likely N-dealkylation sites (N-methyl/N-ethyl adjacent to an activating group) is 1. The number of hydrogen-bond donors (Lipinski definition) is 1. The van der Waals surface area contributed by atoms with Gasteiger partial charge in [-0.05, 0) is 23.3 Å². The van der Waals surface area contributed by atoms with Crippen LogP contribution in [-0.2, 0) is 13.1 Å². The summed E-state index contributed by atoms with van der Waals surface area (Å²) in [5.74, 6) is -0.294. The van der Waals surface area contributed by atoms with Gasteiger partial charge in [-0.25, -0.2) is 9.18 Å². The van der Waals surface area contributed by atoms with Gasteiger partial charge in [0.2, 0.25) is 0 Å². The second-order valence-corrected chi connectivity index (χ2v) is 4.24. The number of halogens is 1. The van der Waals surface area contributed by atoms with Crippen molar-refractivity contribution in [3.8, 4) is 0 Å². The number of nitrogens with zero attached hydrogens (tertiary/aromatic N) is 2. The first-order chi connectivity index (χ1) is 8.11. The molecular formula is C12H16FN3O. The molecule has 5 heteroatoms. The molecule has 0 atom stereocenters. The summed E-state index contributed by atoms with van der Waals surface area (Å²) in [6, 6.07) is 4.50.